The lowest BCUT2D eigenvalue weighted by Crippen LogP contribution is -2.44. The molecule has 1 radical (unpaired) electrons. The van der Waals surface area contributed by atoms with E-state index in [-0.39, 0.29) is 29.4 Å². The Morgan fingerprint density at radius 3 is 2.37 bits per heavy atom. The molecule has 0 saturated heterocycles. The van der Waals surface area contributed by atoms with Gasteiger partial charge in [-0.3, -0.25) is 9.59 Å². The molecule has 0 bridgehead atoms. The monoisotopic (exact) mass is 571 g/mol. The lowest BCUT2D eigenvalue weighted by atomic mass is 9.91. The summed E-state index contributed by atoms with van der Waals surface area (Å²) < 4.78 is 20.2. The van der Waals surface area contributed by atoms with Crippen LogP contribution in [0.1, 0.15) is 63.5 Å². The average molecular weight is 572 g/mol. The minimum absolute atomic E-state index is 0.0134. The molecule has 7 nitrogen and oxygen atoms in total. The van der Waals surface area contributed by atoms with E-state index in [4.69, 9.17) is 4.74 Å². The number of rotatable bonds is 9. The minimum atomic E-state index is -0.623. The summed E-state index contributed by atoms with van der Waals surface area (Å²) in [4.78, 5) is 34.0. The summed E-state index contributed by atoms with van der Waals surface area (Å²) >= 11 is 1.44. The summed E-state index contributed by atoms with van der Waals surface area (Å²) in [6, 6.07) is 16.8. The van der Waals surface area contributed by atoms with Crippen LogP contribution in [0.4, 0.5) is 4.39 Å². The lowest BCUT2D eigenvalue weighted by molar-refractivity contribution is 0.0888. The smallest absolute Gasteiger partial charge is 0.270 e. The van der Waals surface area contributed by atoms with Crippen LogP contribution in [0.15, 0.2) is 66.2 Å². The van der Waals surface area contributed by atoms with Crippen molar-refractivity contribution in [2.24, 2.45) is 0 Å². The number of carbonyl (C=O) groups excluding carboxylic acids is 2. The Morgan fingerprint density at radius 1 is 1.00 bits per heavy atom. The maximum Gasteiger partial charge on any atom is 0.270 e. The van der Waals surface area contributed by atoms with Crippen LogP contribution in [0.2, 0.25) is 0 Å². The number of nitrogens with one attached hydrogen (secondary N) is 2. The number of benzene rings is 2. The fourth-order valence-corrected chi connectivity index (χ4v) is 5.55. The molecule has 2 heterocycles. The van der Waals surface area contributed by atoms with E-state index in [1.54, 1.807) is 11.4 Å². The molecule has 0 aliphatic heterocycles. The summed E-state index contributed by atoms with van der Waals surface area (Å²) in [6.07, 6.45) is 5.60. The van der Waals surface area contributed by atoms with Crippen molar-refractivity contribution in [3.8, 4) is 22.8 Å². The van der Waals surface area contributed by atoms with E-state index in [1.165, 1.54) is 16.9 Å². The molecule has 2 aromatic carbocycles. The van der Waals surface area contributed by atoms with Crippen molar-refractivity contribution in [2.45, 2.75) is 57.5 Å². The second-order valence-corrected chi connectivity index (χ2v) is 11.2. The van der Waals surface area contributed by atoms with Gasteiger partial charge >= 0.3 is 0 Å². The predicted molar refractivity (Wildman–Crippen MR) is 158 cm³/mol. The number of hydrogen-bond donors (Lipinski definition) is 2. The van der Waals surface area contributed by atoms with Crippen LogP contribution in [0.3, 0.4) is 0 Å². The topological polar surface area (TPSA) is 93.2 Å². The molecule has 1 aliphatic carbocycles. The first kappa shape index (κ1) is 28.4. The van der Waals surface area contributed by atoms with E-state index < -0.39 is 11.7 Å². The zero-order valence-corrected chi connectivity index (χ0v) is 23.7. The van der Waals surface area contributed by atoms with E-state index in [9.17, 15) is 14.0 Å². The van der Waals surface area contributed by atoms with Crippen LogP contribution >= 0.6 is 11.3 Å². The standard InChI is InChI=1S/C32H32FN4O3S/c1-3-5-21-8-10-22(11-9-21)23-6-4-7-27(16-23)40-32-28(17-24(33)18-34-32)30(38)36-25-12-14-26(15-13-25)37-31(39)29-19-41-20(2)35-29/h4,6-11,16-19,25-26H,1,3,5,12-15H2,2H3,(H,36,38)(H,37,39)/t25-,26-. The van der Waals surface area contributed by atoms with Crippen molar-refractivity contribution in [3.63, 3.8) is 0 Å². The molecular weight excluding hydrogens is 539 g/mol. The molecule has 9 heteroatoms. The van der Waals surface area contributed by atoms with Gasteiger partial charge in [0.2, 0.25) is 5.88 Å². The number of carbonyl (C=O) groups is 2. The van der Waals surface area contributed by atoms with E-state index >= 15 is 0 Å². The molecule has 2 amide bonds. The molecule has 1 fully saturated rings. The van der Waals surface area contributed by atoms with Gasteiger partial charge in [0.25, 0.3) is 11.8 Å². The number of aryl methyl sites for hydroxylation is 2. The van der Waals surface area contributed by atoms with Gasteiger partial charge in [-0.2, -0.15) is 0 Å². The molecular formula is C32H32FN4O3S. The Hall–Kier alpha value is -4.11. The largest absolute Gasteiger partial charge is 0.438 e. The number of nitrogens with zero attached hydrogens (tertiary/aromatic N) is 2. The molecule has 1 aliphatic rings. The molecule has 0 spiro atoms. The van der Waals surface area contributed by atoms with E-state index in [1.807, 2.05) is 25.1 Å². The molecule has 0 atom stereocenters. The molecule has 2 aromatic heterocycles. The van der Waals surface area contributed by atoms with Gasteiger partial charge in [0.15, 0.2) is 0 Å². The molecule has 211 valence electrons. The third kappa shape index (κ3) is 7.35. The average Bonchev–Trinajstić information content (AvgIpc) is 3.42. The van der Waals surface area contributed by atoms with Gasteiger partial charge < -0.3 is 15.4 Å². The van der Waals surface area contributed by atoms with Crippen molar-refractivity contribution < 1.29 is 18.7 Å². The van der Waals surface area contributed by atoms with Crippen LogP contribution in [0, 0.1) is 19.7 Å². The number of thiazole rings is 1. The quantitative estimate of drug-likeness (QED) is 0.234. The van der Waals surface area contributed by atoms with Crippen molar-refractivity contribution in [2.75, 3.05) is 0 Å². The highest BCUT2D eigenvalue weighted by Crippen LogP contribution is 2.29. The predicted octanol–water partition coefficient (Wildman–Crippen LogP) is 6.68. The van der Waals surface area contributed by atoms with Crippen LogP contribution in [0.25, 0.3) is 11.1 Å². The van der Waals surface area contributed by atoms with Crippen molar-refractivity contribution in [3.05, 3.63) is 101 Å². The summed E-state index contributed by atoms with van der Waals surface area (Å²) in [5.74, 6) is -0.725. The third-order valence-corrected chi connectivity index (χ3v) is 7.89. The Bertz CT molecular complexity index is 1510. The Balaban J connectivity index is 1.21. The van der Waals surface area contributed by atoms with Gasteiger partial charge in [0.05, 0.1) is 11.2 Å². The molecule has 0 unspecified atom stereocenters. The van der Waals surface area contributed by atoms with Gasteiger partial charge in [-0.15, -0.1) is 11.3 Å². The van der Waals surface area contributed by atoms with Gasteiger partial charge in [-0.05, 0) is 80.3 Å². The Labute approximate surface area is 243 Å². The normalized spacial score (nSPS) is 16.7. The maximum atomic E-state index is 14.2. The van der Waals surface area contributed by atoms with Gasteiger partial charge in [-0.25, -0.2) is 14.4 Å². The first-order valence-electron chi connectivity index (χ1n) is 13.7. The van der Waals surface area contributed by atoms with Crippen molar-refractivity contribution in [1.29, 1.82) is 0 Å². The molecule has 41 heavy (non-hydrogen) atoms. The molecule has 1 saturated carbocycles. The Morgan fingerprint density at radius 2 is 1.71 bits per heavy atom. The van der Waals surface area contributed by atoms with Crippen molar-refractivity contribution >= 4 is 23.2 Å². The summed E-state index contributed by atoms with van der Waals surface area (Å²) in [7, 11) is 0. The zero-order chi connectivity index (χ0) is 28.8. The number of hydrogen-bond acceptors (Lipinski definition) is 6. The van der Waals surface area contributed by atoms with E-state index in [2.05, 4.69) is 51.8 Å². The highest BCUT2D eigenvalue weighted by Gasteiger charge is 2.26. The molecule has 2 N–H and O–H groups in total. The number of pyridine rings is 1. The highest BCUT2D eigenvalue weighted by molar-refractivity contribution is 7.09. The maximum absolute atomic E-state index is 14.2. The highest BCUT2D eigenvalue weighted by atomic mass is 32.1. The fraction of sp³-hybridized carbons (Fsp3) is 0.281. The third-order valence-electron chi connectivity index (χ3n) is 7.11. The zero-order valence-electron chi connectivity index (χ0n) is 22.9. The molecule has 5 rings (SSSR count). The van der Waals surface area contributed by atoms with Gasteiger partial charge in [-0.1, -0.05) is 43.3 Å². The second-order valence-electron chi connectivity index (χ2n) is 10.2. The fourth-order valence-electron chi connectivity index (χ4n) is 4.96. The van der Waals surface area contributed by atoms with Crippen molar-refractivity contribution in [1.82, 2.24) is 20.6 Å². The number of aromatic nitrogens is 2. The summed E-state index contributed by atoms with van der Waals surface area (Å²) in [5.41, 5.74) is 3.67. The van der Waals surface area contributed by atoms with Crippen LogP contribution in [-0.4, -0.2) is 33.9 Å². The van der Waals surface area contributed by atoms with Crippen LogP contribution < -0.4 is 15.4 Å². The minimum Gasteiger partial charge on any atom is -0.438 e. The first-order valence-corrected chi connectivity index (χ1v) is 14.6. The number of halogens is 1. The van der Waals surface area contributed by atoms with Gasteiger partial charge in [0, 0.05) is 17.5 Å². The van der Waals surface area contributed by atoms with E-state index in [0.717, 1.165) is 41.2 Å². The van der Waals surface area contributed by atoms with Gasteiger partial charge in [0.1, 0.15) is 22.8 Å². The summed E-state index contributed by atoms with van der Waals surface area (Å²) in [5, 5.41) is 8.63. The lowest BCUT2D eigenvalue weighted by Gasteiger charge is -2.29. The first-order chi connectivity index (χ1) is 19.9. The number of ether oxygens (including phenoxy) is 1. The second kappa shape index (κ2) is 13.0. The van der Waals surface area contributed by atoms with Crippen LogP contribution in [0.5, 0.6) is 11.6 Å². The van der Waals surface area contributed by atoms with E-state index in [0.29, 0.717) is 37.1 Å². The summed E-state index contributed by atoms with van der Waals surface area (Å²) in [6.45, 7) is 5.77. The Kier molecular flexibility index (Phi) is 9.04. The number of amides is 2. The van der Waals surface area contributed by atoms with Crippen LogP contribution in [-0.2, 0) is 6.42 Å². The molecule has 4 aromatic rings. The SMILES string of the molecule is [CH2]CCc1ccc(-c2cccc(Oc3ncc(F)cc3C(=O)N[C@H]3CC[C@H](NC(=O)c4csc(C)n4)CC3)c2)cc1.